The number of nitrogens with two attached hydrogens (primary N) is 1. The molecular weight excluding hydrogens is 306 g/mol. The van der Waals surface area contributed by atoms with Crippen LogP contribution in [0.1, 0.15) is 38.7 Å². The molecule has 0 bridgehead atoms. The van der Waals surface area contributed by atoms with Crippen molar-refractivity contribution in [3.63, 3.8) is 0 Å². The number of hydrogen-bond donors (Lipinski definition) is 2. The molecule has 0 radical (unpaired) electrons. The standard InChI is InChI=1S/C15H21N3O3.ClH/c1-15(2,11-4-7-13(8-5-11)18(20)21)17-14(19)10-3-6-12(16)9-10;/h4-5,7-8,10,12H,3,6,9,16H2,1-2H3,(H,17,19);1H. The van der Waals surface area contributed by atoms with E-state index in [4.69, 9.17) is 5.73 Å². The van der Waals surface area contributed by atoms with Crippen LogP contribution in [-0.4, -0.2) is 16.9 Å². The number of rotatable bonds is 4. The van der Waals surface area contributed by atoms with Gasteiger partial charge in [0.2, 0.25) is 5.91 Å². The molecule has 0 aromatic heterocycles. The van der Waals surface area contributed by atoms with Crippen molar-refractivity contribution >= 4 is 24.0 Å². The Morgan fingerprint density at radius 1 is 1.32 bits per heavy atom. The molecule has 2 rings (SSSR count). The van der Waals surface area contributed by atoms with Gasteiger partial charge >= 0.3 is 0 Å². The second-order valence-corrected chi connectivity index (χ2v) is 6.19. The minimum Gasteiger partial charge on any atom is -0.347 e. The van der Waals surface area contributed by atoms with Gasteiger partial charge in [-0.3, -0.25) is 14.9 Å². The van der Waals surface area contributed by atoms with Crippen LogP contribution in [0, 0.1) is 16.0 Å². The highest BCUT2D eigenvalue weighted by molar-refractivity contribution is 5.85. The number of nitro benzene ring substituents is 1. The fourth-order valence-electron chi connectivity index (χ4n) is 2.74. The van der Waals surface area contributed by atoms with Crippen molar-refractivity contribution in [1.29, 1.82) is 0 Å². The van der Waals surface area contributed by atoms with Crippen molar-refractivity contribution in [3.05, 3.63) is 39.9 Å². The normalized spacial score (nSPS) is 21.0. The zero-order valence-electron chi connectivity index (χ0n) is 12.7. The van der Waals surface area contributed by atoms with Gasteiger partial charge in [-0.15, -0.1) is 12.4 Å². The van der Waals surface area contributed by atoms with Gasteiger partial charge in [0.05, 0.1) is 10.5 Å². The number of nitrogens with zero attached hydrogens (tertiary/aromatic N) is 1. The number of nitro groups is 1. The van der Waals surface area contributed by atoms with Crippen molar-refractivity contribution in [2.45, 2.75) is 44.7 Å². The molecule has 1 fully saturated rings. The van der Waals surface area contributed by atoms with Gasteiger partial charge in [-0.2, -0.15) is 0 Å². The molecule has 3 N–H and O–H groups in total. The molecular formula is C15H22ClN3O3. The van der Waals surface area contributed by atoms with Gasteiger partial charge < -0.3 is 11.1 Å². The summed E-state index contributed by atoms with van der Waals surface area (Å²) < 4.78 is 0. The molecule has 0 aliphatic heterocycles. The van der Waals surface area contributed by atoms with Crippen LogP contribution in [0.5, 0.6) is 0 Å². The summed E-state index contributed by atoms with van der Waals surface area (Å²) in [5.41, 5.74) is 6.15. The van der Waals surface area contributed by atoms with Crippen LogP contribution in [0.2, 0.25) is 0 Å². The number of carbonyl (C=O) groups excluding carboxylic acids is 1. The smallest absolute Gasteiger partial charge is 0.269 e. The predicted octanol–water partition coefficient (Wildman–Crippen LogP) is 2.50. The number of non-ortho nitro benzene ring substituents is 1. The predicted molar refractivity (Wildman–Crippen MR) is 86.8 cm³/mol. The quantitative estimate of drug-likeness (QED) is 0.655. The molecule has 2 atom stereocenters. The van der Waals surface area contributed by atoms with E-state index in [-0.39, 0.29) is 36.0 Å². The largest absolute Gasteiger partial charge is 0.347 e. The maximum Gasteiger partial charge on any atom is 0.269 e. The Morgan fingerprint density at radius 3 is 2.36 bits per heavy atom. The molecule has 1 aliphatic rings. The van der Waals surface area contributed by atoms with Gasteiger partial charge in [-0.25, -0.2) is 0 Å². The SMILES string of the molecule is CC(C)(NC(=O)C1CCC(N)C1)c1ccc([N+](=O)[O-])cc1.Cl. The van der Waals surface area contributed by atoms with Crippen LogP contribution in [0.25, 0.3) is 0 Å². The van der Waals surface area contributed by atoms with Crippen molar-refractivity contribution in [1.82, 2.24) is 5.32 Å². The van der Waals surface area contributed by atoms with Crippen molar-refractivity contribution in [2.24, 2.45) is 11.7 Å². The second-order valence-electron chi connectivity index (χ2n) is 6.19. The number of nitrogens with one attached hydrogen (secondary N) is 1. The molecule has 2 unspecified atom stereocenters. The van der Waals surface area contributed by atoms with Gasteiger partial charge in [-0.05, 0) is 50.8 Å². The fraction of sp³-hybridized carbons (Fsp3) is 0.533. The summed E-state index contributed by atoms with van der Waals surface area (Å²) in [5.74, 6) is -0.0244. The molecule has 1 saturated carbocycles. The molecule has 0 spiro atoms. The minimum absolute atomic E-state index is 0. The highest BCUT2D eigenvalue weighted by Crippen LogP contribution is 2.27. The van der Waals surface area contributed by atoms with E-state index in [0.717, 1.165) is 24.8 Å². The molecule has 0 saturated heterocycles. The van der Waals surface area contributed by atoms with E-state index < -0.39 is 10.5 Å². The maximum absolute atomic E-state index is 12.3. The summed E-state index contributed by atoms with van der Waals surface area (Å²) in [7, 11) is 0. The molecule has 7 heteroatoms. The van der Waals surface area contributed by atoms with E-state index in [1.54, 1.807) is 12.1 Å². The average Bonchev–Trinajstić information content (AvgIpc) is 2.85. The Kier molecular flexibility index (Phi) is 5.91. The van der Waals surface area contributed by atoms with Crippen LogP contribution < -0.4 is 11.1 Å². The van der Waals surface area contributed by atoms with Crippen LogP contribution in [-0.2, 0) is 10.3 Å². The summed E-state index contributed by atoms with van der Waals surface area (Å²) >= 11 is 0. The molecule has 1 amide bonds. The fourth-order valence-corrected chi connectivity index (χ4v) is 2.74. The Labute approximate surface area is 136 Å². The van der Waals surface area contributed by atoms with Crippen molar-refractivity contribution in [2.75, 3.05) is 0 Å². The Morgan fingerprint density at radius 2 is 1.91 bits per heavy atom. The van der Waals surface area contributed by atoms with Crippen LogP contribution in [0.15, 0.2) is 24.3 Å². The van der Waals surface area contributed by atoms with Gasteiger partial charge in [0.15, 0.2) is 0 Å². The van der Waals surface area contributed by atoms with Crippen LogP contribution >= 0.6 is 12.4 Å². The zero-order chi connectivity index (χ0) is 15.6. The zero-order valence-corrected chi connectivity index (χ0v) is 13.6. The van der Waals surface area contributed by atoms with E-state index in [0.29, 0.717) is 0 Å². The lowest BCUT2D eigenvalue weighted by Crippen LogP contribution is -2.43. The number of amides is 1. The van der Waals surface area contributed by atoms with E-state index >= 15 is 0 Å². The van der Waals surface area contributed by atoms with E-state index in [1.807, 2.05) is 13.8 Å². The first-order valence-corrected chi connectivity index (χ1v) is 7.12. The van der Waals surface area contributed by atoms with Gasteiger partial charge in [-0.1, -0.05) is 0 Å². The molecule has 0 heterocycles. The highest BCUT2D eigenvalue weighted by Gasteiger charge is 2.31. The highest BCUT2D eigenvalue weighted by atomic mass is 35.5. The average molecular weight is 328 g/mol. The number of benzene rings is 1. The van der Waals surface area contributed by atoms with Crippen LogP contribution in [0.3, 0.4) is 0 Å². The summed E-state index contributed by atoms with van der Waals surface area (Å²) in [4.78, 5) is 22.5. The second kappa shape index (κ2) is 7.07. The Balaban J connectivity index is 0.00000242. The third-order valence-electron chi connectivity index (χ3n) is 4.08. The Hall–Kier alpha value is -1.66. The number of halogens is 1. The molecule has 122 valence electrons. The monoisotopic (exact) mass is 327 g/mol. The maximum atomic E-state index is 12.3. The van der Waals surface area contributed by atoms with Gasteiger partial charge in [0, 0.05) is 24.1 Å². The lowest BCUT2D eigenvalue weighted by atomic mass is 9.92. The summed E-state index contributed by atoms with van der Waals surface area (Å²) in [5, 5.41) is 13.7. The van der Waals surface area contributed by atoms with Crippen molar-refractivity contribution in [3.8, 4) is 0 Å². The first kappa shape index (κ1) is 18.4. The topological polar surface area (TPSA) is 98.3 Å². The minimum atomic E-state index is -0.571. The molecule has 1 aliphatic carbocycles. The van der Waals surface area contributed by atoms with E-state index in [1.165, 1.54) is 12.1 Å². The molecule has 6 nitrogen and oxygen atoms in total. The lowest BCUT2D eigenvalue weighted by molar-refractivity contribution is -0.384. The summed E-state index contributed by atoms with van der Waals surface area (Å²) in [6.45, 7) is 3.78. The third-order valence-corrected chi connectivity index (χ3v) is 4.08. The van der Waals surface area contributed by atoms with Crippen molar-refractivity contribution < 1.29 is 9.72 Å². The van der Waals surface area contributed by atoms with Crippen LogP contribution in [0.4, 0.5) is 5.69 Å². The number of carbonyl (C=O) groups is 1. The lowest BCUT2D eigenvalue weighted by Gasteiger charge is -2.28. The third kappa shape index (κ3) is 4.18. The van der Waals surface area contributed by atoms with Gasteiger partial charge in [0.1, 0.15) is 0 Å². The number of hydrogen-bond acceptors (Lipinski definition) is 4. The first-order valence-electron chi connectivity index (χ1n) is 7.12. The Bertz CT molecular complexity index is 545. The first-order chi connectivity index (χ1) is 9.79. The van der Waals surface area contributed by atoms with E-state index in [2.05, 4.69) is 5.32 Å². The summed E-state index contributed by atoms with van der Waals surface area (Å²) in [6.07, 6.45) is 2.43. The van der Waals surface area contributed by atoms with Gasteiger partial charge in [0.25, 0.3) is 5.69 Å². The molecule has 1 aromatic carbocycles. The van der Waals surface area contributed by atoms with E-state index in [9.17, 15) is 14.9 Å². The molecule has 22 heavy (non-hydrogen) atoms. The summed E-state index contributed by atoms with van der Waals surface area (Å²) in [6, 6.07) is 6.38. The molecule has 1 aromatic rings.